The van der Waals surface area contributed by atoms with Crippen molar-refractivity contribution in [2.24, 2.45) is 0 Å². The lowest BCUT2D eigenvalue weighted by Gasteiger charge is -2.12. The van der Waals surface area contributed by atoms with E-state index in [1.165, 1.54) is 6.07 Å². The van der Waals surface area contributed by atoms with E-state index >= 15 is 0 Å². The van der Waals surface area contributed by atoms with Gasteiger partial charge in [0.25, 0.3) is 15.9 Å². The van der Waals surface area contributed by atoms with Crippen molar-refractivity contribution in [2.45, 2.75) is 18.2 Å². The van der Waals surface area contributed by atoms with Crippen LogP contribution in [0.4, 0.5) is 5.69 Å². The molecule has 7 heteroatoms. The zero-order valence-electron chi connectivity index (χ0n) is 16.9. The average Bonchev–Trinajstić information content (AvgIpc) is 2.74. The van der Waals surface area contributed by atoms with Crippen molar-refractivity contribution in [3.63, 3.8) is 0 Å². The van der Waals surface area contributed by atoms with E-state index in [4.69, 9.17) is 4.74 Å². The molecule has 0 radical (unpaired) electrons. The van der Waals surface area contributed by atoms with E-state index in [9.17, 15) is 13.2 Å². The fraction of sp³-hybridized carbons (Fsp3) is 0.174. The first-order valence-corrected chi connectivity index (χ1v) is 11.0. The Morgan fingerprint density at radius 1 is 0.967 bits per heavy atom. The molecule has 0 saturated carbocycles. The molecule has 0 atom stereocenters. The third-order valence-electron chi connectivity index (χ3n) is 4.62. The first kappa shape index (κ1) is 21.4. The number of rotatable bonds is 8. The number of para-hydroxylation sites is 1. The summed E-state index contributed by atoms with van der Waals surface area (Å²) in [6, 6.07) is 20.9. The molecule has 3 aromatic rings. The highest BCUT2D eigenvalue weighted by Gasteiger charge is 2.19. The van der Waals surface area contributed by atoms with Crippen molar-refractivity contribution < 1.29 is 17.9 Å². The van der Waals surface area contributed by atoms with E-state index in [0.717, 1.165) is 11.3 Å². The van der Waals surface area contributed by atoms with Gasteiger partial charge >= 0.3 is 0 Å². The molecule has 0 bridgehead atoms. The van der Waals surface area contributed by atoms with Gasteiger partial charge in [0, 0.05) is 17.8 Å². The van der Waals surface area contributed by atoms with Crippen molar-refractivity contribution in [2.75, 3.05) is 18.4 Å². The number of hydrogen-bond donors (Lipinski definition) is 2. The molecule has 0 spiro atoms. The fourth-order valence-corrected chi connectivity index (χ4v) is 4.29. The van der Waals surface area contributed by atoms with Gasteiger partial charge in [-0.2, -0.15) is 0 Å². The van der Waals surface area contributed by atoms with Gasteiger partial charge in [-0.05, 0) is 60.9 Å². The van der Waals surface area contributed by atoms with Crippen LogP contribution < -0.4 is 14.8 Å². The highest BCUT2D eigenvalue weighted by atomic mass is 32.2. The molecule has 0 unspecified atom stereocenters. The summed E-state index contributed by atoms with van der Waals surface area (Å²) < 4.78 is 33.3. The lowest BCUT2D eigenvalue weighted by molar-refractivity contribution is 0.0954. The molecule has 0 saturated heterocycles. The van der Waals surface area contributed by atoms with E-state index in [1.54, 1.807) is 56.5 Å². The molecular formula is C23H24N2O4S. The molecule has 6 nitrogen and oxygen atoms in total. The molecule has 0 fully saturated rings. The number of sulfonamides is 1. The number of ether oxygens (including phenoxy) is 1. The second-order valence-electron chi connectivity index (χ2n) is 6.81. The van der Waals surface area contributed by atoms with Gasteiger partial charge in [-0.15, -0.1) is 0 Å². The highest BCUT2D eigenvalue weighted by Crippen LogP contribution is 2.21. The summed E-state index contributed by atoms with van der Waals surface area (Å²) in [6.07, 6.45) is 0.655. The van der Waals surface area contributed by atoms with Crippen LogP contribution in [0.25, 0.3) is 0 Å². The van der Waals surface area contributed by atoms with Crippen LogP contribution in [0.5, 0.6) is 5.75 Å². The maximum atomic E-state index is 12.8. The van der Waals surface area contributed by atoms with Crippen molar-refractivity contribution in [3.05, 3.63) is 89.5 Å². The standard InChI is InChI=1S/C23H24N2O4S/c1-17-8-11-19(16-22(17)30(27,28)25-20-6-4-3-5-7-20)23(26)24-15-14-18-9-12-21(29-2)13-10-18/h3-13,16,25H,14-15H2,1-2H3,(H,24,26). The number of aryl methyl sites for hydroxylation is 1. The SMILES string of the molecule is COc1ccc(CCNC(=O)c2ccc(C)c(S(=O)(=O)Nc3ccccc3)c2)cc1. The predicted molar refractivity (Wildman–Crippen MR) is 117 cm³/mol. The van der Waals surface area contributed by atoms with Gasteiger partial charge in [-0.1, -0.05) is 36.4 Å². The molecule has 3 aromatic carbocycles. The van der Waals surface area contributed by atoms with Crippen molar-refractivity contribution in [1.82, 2.24) is 5.32 Å². The van der Waals surface area contributed by atoms with Gasteiger partial charge in [0.2, 0.25) is 0 Å². The van der Waals surface area contributed by atoms with E-state index in [2.05, 4.69) is 10.0 Å². The van der Waals surface area contributed by atoms with E-state index < -0.39 is 10.0 Å². The van der Waals surface area contributed by atoms with Crippen LogP contribution >= 0.6 is 0 Å². The molecule has 0 aliphatic rings. The van der Waals surface area contributed by atoms with Crippen LogP contribution in [0.2, 0.25) is 0 Å². The quantitative estimate of drug-likeness (QED) is 0.576. The smallest absolute Gasteiger partial charge is 0.262 e. The normalized spacial score (nSPS) is 11.0. The molecule has 30 heavy (non-hydrogen) atoms. The van der Waals surface area contributed by atoms with Crippen LogP contribution in [0.15, 0.2) is 77.7 Å². The Bertz CT molecular complexity index is 1110. The zero-order chi connectivity index (χ0) is 21.6. The maximum Gasteiger partial charge on any atom is 0.262 e. The third kappa shape index (κ3) is 5.39. The van der Waals surface area contributed by atoms with Gasteiger partial charge in [0.1, 0.15) is 5.75 Å². The Kier molecular flexibility index (Phi) is 6.74. The van der Waals surface area contributed by atoms with Gasteiger partial charge < -0.3 is 10.1 Å². The Balaban J connectivity index is 1.68. The first-order valence-electron chi connectivity index (χ1n) is 9.49. The van der Waals surface area contributed by atoms with E-state index in [0.29, 0.717) is 29.8 Å². The largest absolute Gasteiger partial charge is 0.497 e. The molecule has 0 aliphatic carbocycles. The number of amides is 1. The number of nitrogens with one attached hydrogen (secondary N) is 2. The summed E-state index contributed by atoms with van der Waals surface area (Å²) in [6.45, 7) is 2.13. The first-order chi connectivity index (χ1) is 14.4. The Morgan fingerprint density at radius 3 is 2.33 bits per heavy atom. The van der Waals surface area contributed by atoms with Gasteiger partial charge in [0.15, 0.2) is 0 Å². The van der Waals surface area contributed by atoms with Crippen LogP contribution in [-0.4, -0.2) is 28.0 Å². The molecule has 156 valence electrons. The minimum absolute atomic E-state index is 0.0779. The summed E-state index contributed by atoms with van der Waals surface area (Å²) in [5.41, 5.74) is 2.39. The second-order valence-corrected chi connectivity index (χ2v) is 8.46. The number of benzene rings is 3. The number of anilines is 1. The summed E-state index contributed by atoms with van der Waals surface area (Å²) in [7, 11) is -2.20. The van der Waals surface area contributed by atoms with Gasteiger partial charge in [0.05, 0.1) is 12.0 Å². The molecule has 2 N–H and O–H groups in total. The molecular weight excluding hydrogens is 400 g/mol. The summed E-state index contributed by atoms with van der Waals surface area (Å²) in [5, 5.41) is 2.84. The van der Waals surface area contributed by atoms with Crippen LogP contribution in [-0.2, 0) is 16.4 Å². The van der Waals surface area contributed by atoms with Crippen molar-refractivity contribution in [3.8, 4) is 5.75 Å². The molecule has 0 aromatic heterocycles. The summed E-state index contributed by atoms with van der Waals surface area (Å²) >= 11 is 0. The fourth-order valence-electron chi connectivity index (χ4n) is 2.96. The second kappa shape index (κ2) is 9.45. The minimum atomic E-state index is -3.81. The minimum Gasteiger partial charge on any atom is -0.497 e. The maximum absolute atomic E-state index is 12.8. The van der Waals surface area contributed by atoms with E-state index in [-0.39, 0.29) is 10.8 Å². The monoisotopic (exact) mass is 424 g/mol. The predicted octanol–water partition coefficient (Wildman–Crippen LogP) is 3.78. The summed E-state index contributed by atoms with van der Waals surface area (Å²) in [5.74, 6) is 0.458. The molecule has 0 heterocycles. The van der Waals surface area contributed by atoms with Gasteiger partial charge in [-0.3, -0.25) is 9.52 Å². The Morgan fingerprint density at radius 2 is 1.67 bits per heavy atom. The van der Waals surface area contributed by atoms with Crippen LogP contribution in [0, 0.1) is 6.92 Å². The zero-order valence-corrected chi connectivity index (χ0v) is 17.7. The Labute approximate surface area is 177 Å². The third-order valence-corrected chi connectivity index (χ3v) is 6.15. The average molecular weight is 425 g/mol. The summed E-state index contributed by atoms with van der Waals surface area (Å²) in [4.78, 5) is 12.6. The topological polar surface area (TPSA) is 84.5 Å². The van der Waals surface area contributed by atoms with Gasteiger partial charge in [-0.25, -0.2) is 8.42 Å². The Hall–Kier alpha value is -3.32. The van der Waals surface area contributed by atoms with E-state index in [1.807, 2.05) is 24.3 Å². The lowest BCUT2D eigenvalue weighted by Crippen LogP contribution is -2.26. The van der Waals surface area contributed by atoms with Crippen molar-refractivity contribution >= 4 is 21.6 Å². The lowest BCUT2D eigenvalue weighted by atomic mass is 10.1. The van der Waals surface area contributed by atoms with Crippen LogP contribution in [0.3, 0.4) is 0 Å². The number of carbonyl (C=O) groups is 1. The molecule has 3 rings (SSSR count). The van der Waals surface area contributed by atoms with Crippen LogP contribution in [0.1, 0.15) is 21.5 Å². The molecule has 0 aliphatic heterocycles. The number of methoxy groups -OCH3 is 1. The number of carbonyl (C=O) groups excluding carboxylic acids is 1. The number of hydrogen-bond acceptors (Lipinski definition) is 4. The van der Waals surface area contributed by atoms with Crippen molar-refractivity contribution in [1.29, 1.82) is 0 Å². The highest BCUT2D eigenvalue weighted by molar-refractivity contribution is 7.92. The molecule has 1 amide bonds.